The number of hydrogen-bond donors (Lipinski definition) is 0. The van der Waals surface area contributed by atoms with E-state index < -0.39 is 0 Å². The minimum absolute atomic E-state index is 0.143. The van der Waals surface area contributed by atoms with Crippen LogP contribution in [-0.2, 0) is 9.53 Å². The molecule has 0 aliphatic heterocycles. The number of carbonyl (C=O) groups excluding carboxylic acids is 2. The Morgan fingerprint density at radius 2 is 2.05 bits per heavy atom. The fraction of sp³-hybridized carbons (Fsp3) is 0.500. The standard InChI is InChI=1S/C14H21N3O3/c1-5-17(9-7-13(18)20-4)11-6-8-15-12(10-11)14(19)16(2)3/h6,8,10H,5,7,9H2,1-4H3. The lowest BCUT2D eigenvalue weighted by Gasteiger charge is -2.23. The third-order valence-corrected chi connectivity index (χ3v) is 2.93. The molecule has 1 amide bonds. The van der Waals surface area contributed by atoms with Crippen LogP contribution in [-0.4, -0.2) is 56.1 Å². The van der Waals surface area contributed by atoms with E-state index in [2.05, 4.69) is 9.72 Å². The van der Waals surface area contributed by atoms with E-state index in [-0.39, 0.29) is 11.9 Å². The summed E-state index contributed by atoms with van der Waals surface area (Å²) in [6.07, 6.45) is 1.91. The number of carbonyl (C=O) groups is 2. The molecule has 1 aromatic heterocycles. The van der Waals surface area contributed by atoms with Gasteiger partial charge in [0.25, 0.3) is 5.91 Å². The molecule has 0 aromatic carbocycles. The lowest BCUT2D eigenvalue weighted by molar-refractivity contribution is -0.140. The molecule has 0 aliphatic carbocycles. The Bertz CT molecular complexity index is 474. The summed E-state index contributed by atoms with van der Waals surface area (Å²) in [5.74, 6) is -0.391. The van der Waals surface area contributed by atoms with Crippen LogP contribution in [0.25, 0.3) is 0 Å². The lowest BCUT2D eigenvalue weighted by Crippen LogP contribution is -2.27. The maximum Gasteiger partial charge on any atom is 0.307 e. The van der Waals surface area contributed by atoms with Crippen LogP contribution in [0.1, 0.15) is 23.8 Å². The number of rotatable bonds is 6. The zero-order valence-electron chi connectivity index (χ0n) is 12.4. The molecule has 0 fully saturated rings. The van der Waals surface area contributed by atoms with Crippen LogP contribution in [0, 0.1) is 0 Å². The molecule has 1 heterocycles. The van der Waals surface area contributed by atoms with Gasteiger partial charge >= 0.3 is 5.97 Å². The number of amides is 1. The van der Waals surface area contributed by atoms with E-state index in [1.165, 1.54) is 12.0 Å². The van der Waals surface area contributed by atoms with Crippen molar-refractivity contribution in [1.82, 2.24) is 9.88 Å². The van der Waals surface area contributed by atoms with E-state index in [4.69, 9.17) is 0 Å². The summed E-state index contributed by atoms with van der Waals surface area (Å²) in [5, 5.41) is 0. The first-order valence-electron chi connectivity index (χ1n) is 6.49. The molecule has 0 saturated heterocycles. The van der Waals surface area contributed by atoms with Gasteiger partial charge in [0.1, 0.15) is 5.69 Å². The highest BCUT2D eigenvalue weighted by Crippen LogP contribution is 2.15. The van der Waals surface area contributed by atoms with Crippen LogP contribution < -0.4 is 4.90 Å². The topological polar surface area (TPSA) is 62.7 Å². The van der Waals surface area contributed by atoms with Crippen molar-refractivity contribution in [3.63, 3.8) is 0 Å². The number of aromatic nitrogens is 1. The number of esters is 1. The van der Waals surface area contributed by atoms with Crippen molar-refractivity contribution in [1.29, 1.82) is 0 Å². The van der Waals surface area contributed by atoms with E-state index in [0.717, 1.165) is 12.2 Å². The van der Waals surface area contributed by atoms with Gasteiger partial charge < -0.3 is 14.5 Å². The number of methoxy groups -OCH3 is 1. The predicted molar refractivity (Wildman–Crippen MR) is 76.8 cm³/mol. The van der Waals surface area contributed by atoms with Crippen molar-refractivity contribution in [3.05, 3.63) is 24.0 Å². The van der Waals surface area contributed by atoms with Crippen LogP contribution in [0.15, 0.2) is 18.3 Å². The Labute approximate surface area is 119 Å². The summed E-state index contributed by atoms with van der Waals surface area (Å²) in [6.45, 7) is 3.27. The van der Waals surface area contributed by atoms with Crippen LogP contribution in [0.5, 0.6) is 0 Å². The smallest absolute Gasteiger partial charge is 0.307 e. The number of pyridine rings is 1. The summed E-state index contributed by atoms with van der Waals surface area (Å²) < 4.78 is 4.64. The highest BCUT2D eigenvalue weighted by molar-refractivity contribution is 5.92. The number of ether oxygens (including phenoxy) is 1. The van der Waals surface area contributed by atoms with E-state index in [9.17, 15) is 9.59 Å². The van der Waals surface area contributed by atoms with Crippen molar-refractivity contribution in [2.24, 2.45) is 0 Å². The third-order valence-electron chi connectivity index (χ3n) is 2.93. The molecule has 0 unspecified atom stereocenters. The Morgan fingerprint density at radius 3 is 2.60 bits per heavy atom. The minimum atomic E-state index is -0.248. The van der Waals surface area contributed by atoms with Crippen molar-refractivity contribution >= 4 is 17.6 Å². The maximum absolute atomic E-state index is 11.9. The molecule has 0 atom stereocenters. The van der Waals surface area contributed by atoms with Crippen molar-refractivity contribution in [3.8, 4) is 0 Å². The average Bonchev–Trinajstić information content (AvgIpc) is 2.46. The molecule has 20 heavy (non-hydrogen) atoms. The van der Waals surface area contributed by atoms with Gasteiger partial charge in [-0.05, 0) is 19.1 Å². The zero-order valence-corrected chi connectivity index (χ0v) is 12.4. The summed E-state index contributed by atoms with van der Waals surface area (Å²) in [5.41, 5.74) is 1.26. The summed E-state index contributed by atoms with van der Waals surface area (Å²) in [4.78, 5) is 30.7. The second kappa shape index (κ2) is 7.47. The molecule has 0 radical (unpaired) electrons. The number of hydrogen-bond acceptors (Lipinski definition) is 5. The Morgan fingerprint density at radius 1 is 1.35 bits per heavy atom. The van der Waals surface area contributed by atoms with E-state index in [1.807, 2.05) is 17.9 Å². The molecule has 0 aliphatic rings. The van der Waals surface area contributed by atoms with E-state index in [0.29, 0.717) is 18.7 Å². The Hall–Kier alpha value is -2.11. The highest BCUT2D eigenvalue weighted by atomic mass is 16.5. The van der Waals surface area contributed by atoms with Crippen molar-refractivity contribution in [2.45, 2.75) is 13.3 Å². The first-order valence-corrected chi connectivity index (χ1v) is 6.49. The van der Waals surface area contributed by atoms with Crippen LogP contribution in [0.3, 0.4) is 0 Å². The monoisotopic (exact) mass is 279 g/mol. The molecule has 1 aromatic rings. The summed E-state index contributed by atoms with van der Waals surface area (Å²) in [7, 11) is 4.75. The minimum Gasteiger partial charge on any atom is -0.469 e. The molecule has 6 heteroatoms. The SMILES string of the molecule is CCN(CCC(=O)OC)c1ccnc(C(=O)N(C)C)c1. The third kappa shape index (κ3) is 4.22. The second-order valence-corrected chi connectivity index (χ2v) is 4.50. The van der Waals surface area contributed by atoms with Gasteiger partial charge in [0, 0.05) is 39.1 Å². The van der Waals surface area contributed by atoms with Gasteiger partial charge in [0.2, 0.25) is 0 Å². The first kappa shape index (κ1) is 15.9. The second-order valence-electron chi connectivity index (χ2n) is 4.50. The maximum atomic E-state index is 11.9. The summed E-state index contributed by atoms with van der Waals surface area (Å²) in [6, 6.07) is 3.57. The van der Waals surface area contributed by atoms with Gasteiger partial charge in [-0.3, -0.25) is 14.6 Å². The molecular formula is C14H21N3O3. The van der Waals surface area contributed by atoms with Crippen molar-refractivity contribution < 1.29 is 14.3 Å². The van der Waals surface area contributed by atoms with Gasteiger partial charge in [-0.25, -0.2) is 0 Å². The zero-order chi connectivity index (χ0) is 15.1. The molecule has 0 spiro atoms. The Kier molecular flexibility index (Phi) is 5.96. The van der Waals surface area contributed by atoms with E-state index in [1.54, 1.807) is 26.4 Å². The molecular weight excluding hydrogens is 258 g/mol. The van der Waals surface area contributed by atoms with Crippen molar-refractivity contribution in [2.75, 3.05) is 39.2 Å². The van der Waals surface area contributed by atoms with Gasteiger partial charge in [-0.1, -0.05) is 0 Å². The molecule has 6 nitrogen and oxygen atoms in total. The highest BCUT2D eigenvalue weighted by Gasteiger charge is 2.13. The molecule has 0 N–H and O–H groups in total. The van der Waals surface area contributed by atoms with Crippen LogP contribution >= 0.6 is 0 Å². The fourth-order valence-corrected chi connectivity index (χ4v) is 1.76. The normalized spacial score (nSPS) is 10.0. The number of nitrogens with zero attached hydrogens (tertiary/aromatic N) is 3. The predicted octanol–water partition coefficient (Wildman–Crippen LogP) is 1.17. The lowest BCUT2D eigenvalue weighted by atomic mass is 10.2. The fourth-order valence-electron chi connectivity index (χ4n) is 1.76. The summed E-state index contributed by atoms with van der Waals surface area (Å²) >= 11 is 0. The molecule has 110 valence electrons. The largest absolute Gasteiger partial charge is 0.469 e. The van der Waals surface area contributed by atoms with Gasteiger partial charge in [-0.15, -0.1) is 0 Å². The molecule has 0 bridgehead atoms. The van der Waals surface area contributed by atoms with Crippen LogP contribution in [0.2, 0.25) is 0 Å². The van der Waals surface area contributed by atoms with Crippen LogP contribution in [0.4, 0.5) is 5.69 Å². The Balaban J connectivity index is 2.85. The molecule has 1 rings (SSSR count). The first-order chi connectivity index (χ1) is 9.49. The van der Waals surface area contributed by atoms with E-state index >= 15 is 0 Å². The number of anilines is 1. The van der Waals surface area contributed by atoms with Gasteiger partial charge in [0.15, 0.2) is 0 Å². The molecule has 0 saturated carbocycles. The van der Waals surface area contributed by atoms with Gasteiger partial charge in [0.05, 0.1) is 13.5 Å². The quantitative estimate of drug-likeness (QED) is 0.732. The average molecular weight is 279 g/mol. The van der Waals surface area contributed by atoms with Gasteiger partial charge in [-0.2, -0.15) is 0 Å².